The van der Waals surface area contributed by atoms with Crippen molar-refractivity contribution in [2.24, 2.45) is 0 Å². The van der Waals surface area contributed by atoms with E-state index in [0.29, 0.717) is 0 Å². The highest BCUT2D eigenvalue weighted by molar-refractivity contribution is 7.98. The summed E-state index contributed by atoms with van der Waals surface area (Å²) in [7, 11) is 1.67. The van der Waals surface area contributed by atoms with E-state index < -0.39 is 0 Å². The first kappa shape index (κ1) is 19.5. The van der Waals surface area contributed by atoms with E-state index in [9.17, 15) is 0 Å². The van der Waals surface area contributed by atoms with Crippen LogP contribution in [-0.4, -0.2) is 26.9 Å². The van der Waals surface area contributed by atoms with Gasteiger partial charge in [-0.3, -0.25) is 4.98 Å². The Morgan fingerprint density at radius 2 is 1.79 bits per heavy atom. The van der Waals surface area contributed by atoms with Crippen molar-refractivity contribution < 1.29 is 4.74 Å². The summed E-state index contributed by atoms with van der Waals surface area (Å²) in [5, 5.41) is 11.1. The summed E-state index contributed by atoms with van der Waals surface area (Å²) >= 11 is 1.68. The average Bonchev–Trinajstić information content (AvgIpc) is 3.18. The summed E-state index contributed by atoms with van der Waals surface area (Å²) in [5.41, 5.74) is 3.12. The monoisotopic (exact) mass is 404 g/mol. The average molecular weight is 405 g/mol. The van der Waals surface area contributed by atoms with Crippen LogP contribution in [0, 0.1) is 0 Å². The van der Waals surface area contributed by atoms with Gasteiger partial charge in [-0.05, 0) is 42.8 Å². The maximum atomic E-state index is 5.27. The van der Waals surface area contributed by atoms with Crippen LogP contribution in [0.2, 0.25) is 0 Å². The number of fused-ring (bicyclic) bond motifs is 1. The van der Waals surface area contributed by atoms with Crippen molar-refractivity contribution in [3.8, 4) is 17.1 Å². The van der Waals surface area contributed by atoms with E-state index in [-0.39, 0.29) is 0 Å². The predicted octanol–water partition coefficient (Wildman–Crippen LogP) is 5.59. The highest BCUT2D eigenvalue weighted by atomic mass is 32.2. The Labute approximate surface area is 175 Å². The third kappa shape index (κ3) is 4.43. The number of rotatable bonds is 8. The molecule has 0 bridgehead atoms. The van der Waals surface area contributed by atoms with Crippen LogP contribution in [0.1, 0.15) is 25.5 Å². The number of benzene rings is 2. The zero-order valence-corrected chi connectivity index (χ0v) is 17.5. The standard InChI is InChI=1S/C23H24N4OS/c1-3-4-15-27-22(18-10-13-20(28-2)14-11-18)25-26-23(27)29-16-19-12-9-17-7-5-6-8-21(17)24-19/h5-14H,3-4,15-16H2,1-2H3. The summed E-state index contributed by atoms with van der Waals surface area (Å²) in [6.07, 6.45) is 2.21. The first-order chi connectivity index (χ1) is 14.3. The molecule has 0 aliphatic carbocycles. The van der Waals surface area contributed by atoms with Crippen LogP contribution in [0.5, 0.6) is 5.75 Å². The quantitative estimate of drug-likeness (QED) is 0.358. The number of methoxy groups -OCH3 is 1. The molecule has 0 aliphatic rings. The molecule has 0 fully saturated rings. The molecule has 0 aliphatic heterocycles. The number of para-hydroxylation sites is 1. The van der Waals surface area contributed by atoms with Crippen molar-refractivity contribution in [3.63, 3.8) is 0 Å². The first-order valence-corrected chi connectivity index (χ1v) is 10.8. The summed E-state index contributed by atoms with van der Waals surface area (Å²) < 4.78 is 7.49. The Bertz CT molecular complexity index is 1090. The second-order valence-corrected chi connectivity index (χ2v) is 7.77. The van der Waals surface area contributed by atoms with Crippen LogP contribution in [0.4, 0.5) is 0 Å². The van der Waals surface area contributed by atoms with Crippen molar-refractivity contribution in [2.75, 3.05) is 7.11 Å². The van der Waals surface area contributed by atoms with E-state index in [0.717, 1.165) is 64.0 Å². The maximum absolute atomic E-state index is 5.27. The number of unbranched alkanes of at least 4 members (excludes halogenated alkanes) is 1. The van der Waals surface area contributed by atoms with E-state index in [2.05, 4.69) is 46.0 Å². The van der Waals surface area contributed by atoms with Crippen LogP contribution in [0.15, 0.2) is 65.8 Å². The SMILES string of the molecule is CCCCn1c(SCc2ccc3ccccc3n2)nnc1-c1ccc(OC)cc1. The van der Waals surface area contributed by atoms with Gasteiger partial charge in [0.25, 0.3) is 0 Å². The number of aromatic nitrogens is 4. The Morgan fingerprint density at radius 1 is 0.966 bits per heavy atom. The molecule has 0 unspecified atom stereocenters. The number of hydrogen-bond donors (Lipinski definition) is 0. The molecule has 0 amide bonds. The van der Waals surface area contributed by atoms with Gasteiger partial charge < -0.3 is 9.30 Å². The summed E-state index contributed by atoms with van der Waals surface area (Å²) in [5.74, 6) is 2.50. The molecule has 0 spiro atoms. The van der Waals surface area contributed by atoms with E-state index in [1.807, 2.05) is 36.4 Å². The molecule has 148 valence electrons. The van der Waals surface area contributed by atoms with Gasteiger partial charge in [-0.1, -0.05) is 49.4 Å². The number of hydrogen-bond acceptors (Lipinski definition) is 5. The van der Waals surface area contributed by atoms with E-state index >= 15 is 0 Å². The molecule has 2 aromatic carbocycles. The lowest BCUT2D eigenvalue weighted by Gasteiger charge is -2.10. The molecule has 6 heteroatoms. The predicted molar refractivity (Wildman–Crippen MR) is 118 cm³/mol. The molecule has 0 atom stereocenters. The van der Waals surface area contributed by atoms with E-state index in [1.54, 1.807) is 18.9 Å². The third-order valence-corrected chi connectivity index (χ3v) is 5.81. The number of thioether (sulfide) groups is 1. The Morgan fingerprint density at radius 3 is 2.59 bits per heavy atom. The molecule has 0 saturated carbocycles. The van der Waals surface area contributed by atoms with Gasteiger partial charge in [0.2, 0.25) is 0 Å². The fraction of sp³-hybridized carbons (Fsp3) is 0.261. The maximum Gasteiger partial charge on any atom is 0.191 e. The number of ether oxygens (including phenoxy) is 1. The molecule has 2 aromatic heterocycles. The van der Waals surface area contributed by atoms with Gasteiger partial charge in [0.15, 0.2) is 11.0 Å². The van der Waals surface area contributed by atoms with Crippen LogP contribution in [0.3, 0.4) is 0 Å². The molecule has 29 heavy (non-hydrogen) atoms. The Balaban J connectivity index is 1.57. The van der Waals surface area contributed by atoms with Gasteiger partial charge >= 0.3 is 0 Å². The van der Waals surface area contributed by atoms with Gasteiger partial charge in [0.1, 0.15) is 5.75 Å². The van der Waals surface area contributed by atoms with Gasteiger partial charge in [0.05, 0.1) is 18.3 Å². The zero-order chi connectivity index (χ0) is 20.1. The number of nitrogens with zero attached hydrogens (tertiary/aromatic N) is 4. The minimum Gasteiger partial charge on any atom is -0.497 e. The molecule has 4 rings (SSSR count). The second kappa shape index (κ2) is 9.09. The van der Waals surface area contributed by atoms with Gasteiger partial charge in [0, 0.05) is 23.2 Å². The summed E-state index contributed by atoms with van der Waals surface area (Å²) in [4.78, 5) is 4.77. The lowest BCUT2D eigenvalue weighted by molar-refractivity contribution is 0.415. The van der Waals surface area contributed by atoms with Gasteiger partial charge in [-0.2, -0.15) is 0 Å². The van der Waals surface area contributed by atoms with Crippen molar-refractivity contribution >= 4 is 22.7 Å². The molecular formula is C23H24N4OS. The van der Waals surface area contributed by atoms with Gasteiger partial charge in [-0.25, -0.2) is 0 Å². The highest BCUT2D eigenvalue weighted by Crippen LogP contribution is 2.28. The Hall–Kier alpha value is -2.86. The topological polar surface area (TPSA) is 52.8 Å². The van der Waals surface area contributed by atoms with E-state index in [1.165, 1.54) is 0 Å². The Kier molecular flexibility index (Phi) is 6.10. The van der Waals surface area contributed by atoms with Crippen molar-refractivity contribution in [1.29, 1.82) is 0 Å². The summed E-state index contributed by atoms with van der Waals surface area (Å²) in [6.45, 7) is 3.10. The fourth-order valence-electron chi connectivity index (χ4n) is 3.19. The second-order valence-electron chi connectivity index (χ2n) is 6.82. The minimum absolute atomic E-state index is 0.762. The van der Waals surface area contributed by atoms with E-state index in [4.69, 9.17) is 9.72 Å². The summed E-state index contributed by atoms with van der Waals surface area (Å²) in [6, 6.07) is 20.4. The van der Waals surface area contributed by atoms with Crippen LogP contribution in [-0.2, 0) is 12.3 Å². The minimum atomic E-state index is 0.762. The molecule has 0 N–H and O–H groups in total. The first-order valence-electron chi connectivity index (χ1n) is 9.83. The van der Waals surface area contributed by atoms with Crippen LogP contribution in [0.25, 0.3) is 22.3 Å². The molecule has 0 radical (unpaired) electrons. The molecule has 2 heterocycles. The number of pyridine rings is 1. The van der Waals surface area contributed by atoms with Gasteiger partial charge in [-0.15, -0.1) is 10.2 Å². The lowest BCUT2D eigenvalue weighted by atomic mass is 10.2. The molecule has 4 aromatic rings. The van der Waals surface area contributed by atoms with Crippen LogP contribution >= 0.6 is 11.8 Å². The molecular weight excluding hydrogens is 380 g/mol. The fourth-order valence-corrected chi connectivity index (χ4v) is 4.06. The zero-order valence-electron chi connectivity index (χ0n) is 16.7. The molecule has 5 nitrogen and oxygen atoms in total. The third-order valence-electron chi connectivity index (χ3n) is 4.81. The van der Waals surface area contributed by atoms with Crippen molar-refractivity contribution in [2.45, 2.75) is 37.2 Å². The lowest BCUT2D eigenvalue weighted by Crippen LogP contribution is -2.03. The molecule has 0 saturated heterocycles. The normalized spacial score (nSPS) is 11.1. The smallest absolute Gasteiger partial charge is 0.191 e. The van der Waals surface area contributed by atoms with Crippen molar-refractivity contribution in [1.82, 2.24) is 19.7 Å². The van der Waals surface area contributed by atoms with Crippen LogP contribution < -0.4 is 4.74 Å². The largest absolute Gasteiger partial charge is 0.497 e. The highest BCUT2D eigenvalue weighted by Gasteiger charge is 2.14. The van der Waals surface area contributed by atoms with Crippen molar-refractivity contribution in [3.05, 3.63) is 66.4 Å².